The average Bonchev–Trinajstić information content (AvgIpc) is 4.03. The molecule has 6 heteroatoms. The Balaban J connectivity index is 0.995. The number of aromatic nitrogens is 4. The van der Waals surface area contributed by atoms with Gasteiger partial charge in [0, 0.05) is 60.3 Å². The molecule has 4 aromatic heterocycles. The van der Waals surface area contributed by atoms with Gasteiger partial charge in [0.1, 0.15) is 22.3 Å². The van der Waals surface area contributed by atoms with Gasteiger partial charge in [-0.2, -0.15) is 0 Å². The van der Waals surface area contributed by atoms with Gasteiger partial charge in [-0.05, 0) is 77.4 Å². The second-order valence-corrected chi connectivity index (χ2v) is 15.9. The highest BCUT2D eigenvalue weighted by Crippen LogP contribution is 2.42. The van der Waals surface area contributed by atoms with Gasteiger partial charge in [0.05, 0.1) is 11.0 Å². The lowest BCUT2D eigenvalue weighted by atomic mass is 9.98. The summed E-state index contributed by atoms with van der Waals surface area (Å²) >= 11 is 0. The fraction of sp³-hybridized carbons (Fsp3) is 0. The van der Waals surface area contributed by atoms with Gasteiger partial charge in [0.15, 0.2) is 17.5 Å². The molecule has 0 aliphatic carbocycles. The van der Waals surface area contributed by atoms with Gasteiger partial charge in [-0.1, -0.05) is 146 Å². The molecule has 0 aliphatic rings. The monoisotopic (exact) mass is 806 g/mol. The van der Waals surface area contributed by atoms with E-state index in [1.165, 1.54) is 0 Å². The van der Waals surface area contributed by atoms with Crippen LogP contribution in [0.4, 0.5) is 0 Å². The number of para-hydroxylation sites is 3. The molecule has 0 bridgehead atoms. The van der Waals surface area contributed by atoms with Gasteiger partial charge in [-0.25, -0.2) is 15.0 Å². The number of benzene rings is 9. The first kappa shape index (κ1) is 35.2. The van der Waals surface area contributed by atoms with Crippen LogP contribution in [0.2, 0.25) is 0 Å². The summed E-state index contributed by atoms with van der Waals surface area (Å²) in [4.78, 5) is 15.1. The summed E-state index contributed by atoms with van der Waals surface area (Å²) < 4.78 is 15.4. The fourth-order valence-electron chi connectivity index (χ4n) is 9.32. The highest BCUT2D eigenvalue weighted by Gasteiger charge is 2.20. The van der Waals surface area contributed by atoms with Gasteiger partial charge >= 0.3 is 0 Å². The van der Waals surface area contributed by atoms with Crippen LogP contribution < -0.4 is 0 Å². The zero-order valence-corrected chi connectivity index (χ0v) is 33.7. The van der Waals surface area contributed by atoms with Crippen molar-refractivity contribution in [1.82, 2.24) is 19.5 Å². The molecular weight excluding hydrogens is 773 g/mol. The van der Waals surface area contributed by atoms with Crippen molar-refractivity contribution in [3.8, 4) is 62.1 Å². The summed E-state index contributed by atoms with van der Waals surface area (Å²) in [7, 11) is 0. The van der Waals surface area contributed by atoms with Crippen LogP contribution in [0.5, 0.6) is 0 Å². The quantitative estimate of drug-likeness (QED) is 0.167. The maximum Gasteiger partial charge on any atom is 0.164 e. The van der Waals surface area contributed by atoms with E-state index in [1.54, 1.807) is 0 Å². The van der Waals surface area contributed by atoms with Crippen molar-refractivity contribution in [2.75, 3.05) is 0 Å². The molecule has 0 fully saturated rings. The van der Waals surface area contributed by atoms with Crippen LogP contribution in [0.1, 0.15) is 0 Å². The molecule has 13 aromatic rings. The molecule has 0 radical (unpaired) electrons. The normalized spacial score (nSPS) is 11.8. The predicted molar refractivity (Wildman–Crippen MR) is 256 cm³/mol. The zero-order chi connectivity index (χ0) is 41.4. The summed E-state index contributed by atoms with van der Waals surface area (Å²) in [5, 5.41) is 6.52. The summed E-state index contributed by atoms with van der Waals surface area (Å²) in [6, 6.07) is 71.6. The van der Waals surface area contributed by atoms with Crippen molar-refractivity contribution < 1.29 is 8.83 Å². The minimum absolute atomic E-state index is 0.589. The van der Waals surface area contributed by atoms with Gasteiger partial charge in [0.25, 0.3) is 0 Å². The molecule has 0 saturated carbocycles. The molecule has 0 aliphatic heterocycles. The summed E-state index contributed by atoms with van der Waals surface area (Å²) in [5.41, 5.74) is 13.8. The lowest BCUT2D eigenvalue weighted by Crippen LogP contribution is -2.00. The van der Waals surface area contributed by atoms with E-state index in [0.717, 1.165) is 110 Å². The largest absolute Gasteiger partial charge is 0.456 e. The van der Waals surface area contributed by atoms with Crippen LogP contribution in [-0.4, -0.2) is 19.5 Å². The molecule has 9 aromatic carbocycles. The van der Waals surface area contributed by atoms with E-state index in [9.17, 15) is 0 Å². The van der Waals surface area contributed by atoms with E-state index < -0.39 is 0 Å². The van der Waals surface area contributed by atoms with Crippen molar-refractivity contribution in [2.45, 2.75) is 0 Å². The van der Waals surface area contributed by atoms with Crippen molar-refractivity contribution in [3.05, 3.63) is 206 Å². The van der Waals surface area contributed by atoms with E-state index in [1.807, 2.05) is 84.9 Å². The summed E-state index contributed by atoms with van der Waals surface area (Å²) in [5.74, 6) is 1.82. The Hall–Kier alpha value is -8.61. The first-order chi connectivity index (χ1) is 31.2. The molecule has 0 N–H and O–H groups in total. The number of furan rings is 2. The average molecular weight is 807 g/mol. The first-order valence-electron chi connectivity index (χ1n) is 21.1. The molecule has 0 saturated heterocycles. The molecule has 0 unspecified atom stereocenters. The molecule has 6 nitrogen and oxygen atoms in total. The van der Waals surface area contributed by atoms with E-state index in [4.69, 9.17) is 23.8 Å². The third-order valence-corrected chi connectivity index (χ3v) is 12.3. The lowest BCUT2D eigenvalue weighted by Gasteiger charge is -2.09. The Kier molecular flexibility index (Phi) is 7.80. The molecule has 13 rings (SSSR count). The molecule has 0 spiro atoms. The third kappa shape index (κ3) is 5.69. The molecule has 294 valence electrons. The molecule has 4 heterocycles. The number of nitrogens with zero attached hydrogens (tertiary/aromatic N) is 4. The highest BCUT2D eigenvalue weighted by molar-refractivity contribution is 6.15. The Bertz CT molecular complexity index is 3850. The molecule has 0 atom stereocenters. The topological polar surface area (TPSA) is 69.9 Å². The third-order valence-electron chi connectivity index (χ3n) is 12.3. The van der Waals surface area contributed by atoms with Crippen molar-refractivity contribution in [2.24, 2.45) is 0 Å². The predicted octanol–water partition coefficient (Wildman–Crippen LogP) is 15.1. The van der Waals surface area contributed by atoms with E-state index in [2.05, 4.69) is 126 Å². The molecule has 63 heavy (non-hydrogen) atoms. The van der Waals surface area contributed by atoms with Gasteiger partial charge in [-0.3, -0.25) is 0 Å². The number of hydrogen-bond acceptors (Lipinski definition) is 5. The van der Waals surface area contributed by atoms with Crippen molar-refractivity contribution in [3.63, 3.8) is 0 Å². The SMILES string of the molecule is c1ccc(-c2nc(-c3ccccc3)nc(-c3cccc4oc5ccc(-c6ccc7c(c6)c6cc(-c8cccc9c8oc8ccccc89)ccc6n7-c6ccccc6)cc5c34)n2)cc1. The summed E-state index contributed by atoms with van der Waals surface area (Å²) in [6.07, 6.45) is 0. The number of fused-ring (bicyclic) bond motifs is 9. The zero-order valence-electron chi connectivity index (χ0n) is 33.7. The first-order valence-corrected chi connectivity index (χ1v) is 21.1. The minimum Gasteiger partial charge on any atom is -0.456 e. The number of hydrogen-bond donors (Lipinski definition) is 0. The van der Waals surface area contributed by atoms with E-state index in [0.29, 0.717) is 17.5 Å². The van der Waals surface area contributed by atoms with Crippen LogP contribution in [0.3, 0.4) is 0 Å². The van der Waals surface area contributed by atoms with Gasteiger partial charge in [-0.15, -0.1) is 0 Å². The van der Waals surface area contributed by atoms with E-state index >= 15 is 0 Å². The second-order valence-electron chi connectivity index (χ2n) is 15.9. The number of rotatable bonds is 6. The van der Waals surface area contributed by atoms with Gasteiger partial charge < -0.3 is 13.4 Å². The maximum absolute atomic E-state index is 6.54. The van der Waals surface area contributed by atoms with Crippen molar-refractivity contribution >= 4 is 65.7 Å². The van der Waals surface area contributed by atoms with Crippen LogP contribution in [-0.2, 0) is 0 Å². The standard InChI is InChI=1S/C57H34N4O2/c1-4-14-35(15-5-1)55-58-56(36-16-6-2-7-17-36)60-57(59-55)44-23-13-25-52-53(44)47-33-38(28-31-51(47)62-52)37-26-29-48-45(32-37)46-34-39(27-30-49(46)61(48)40-18-8-3-9-19-40)41-21-12-22-43-42-20-10-11-24-50(42)63-54(41)43/h1-34H. The van der Waals surface area contributed by atoms with Crippen LogP contribution in [0, 0.1) is 0 Å². The lowest BCUT2D eigenvalue weighted by molar-refractivity contribution is 0.669. The Morgan fingerprint density at radius 2 is 0.841 bits per heavy atom. The minimum atomic E-state index is 0.589. The van der Waals surface area contributed by atoms with Crippen LogP contribution >= 0.6 is 0 Å². The van der Waals surface area contributed by atoms with Crippen molar-refractivity contribution in [1.29, 1.82) is 0 Å². The van der Waals surface area contributed by atoms with E-state index in [-0.39, 0.29) is 0 Å². The second kappa shape index (κ2) is 14.0. The Labute approximate surface area is 361 Å². The Morgan fingerprint density at radius 1 is 0.317 bits per heavy atom. The Morgan fingerprint density at radius 3 is 1.57 bits per heavy atom. The van der Waals surface area contributed by atoms with Crippen LogP contribution in [0.25, 0.3) is 128 Å². The van der Waals surface area contributed by atoms with Gasteiger partial charge in [0.2, 0.25) is 0 Å². The fourth-order valence-corrected chi connectivity index (χ4v) is 9.32. The smallest absolute Gasteiger partial charge is 0.164 e. The maximum atomic E-state index is 6.54. The molecular formula is C57H34N4O2. The molecule has 0 amide bonds. The van der Waals surface area contributed by atoms with Crippen LogP contribution in [0.15, 0.2) is 215 Å². The highest BCUT2D eigenvalue weighted by atomic mass is 16.3. The summed E-state index contributed by atoms with van der Waals surface area (Å²) in [6.45, 7) is 0.